The first-order valence-corrected chi connectivity index (χ1v) is 5.68. The van der Waals surface area contributed by atoms with Gasteiger partial charge in [-0.3, -0.25) is 4.79 Å². The van der Waals surface area contributed by atoms with Gasteiger partial charge in [-0.15, -0.1) is 0 Å². The predicted octanol–water partition coefficient (Wildman–Crippen LogP) is 3.38. The predicted molar refractivity (Wildman–Crippen MR) is 69.9 cm³/mol. The van der Waals surface area contributed by atoms with Crippen LogP contribution in [-0.2, 0) is 0 Å². The van der Waals surface area contributed by atoms with Crippen LogP contribution in [0.2, 0.25) is 10.0 Å². The molecule has 0 saturated heterocycles. The van der Waals surface area contributed by atoms with Crippen LogP contribution in [0.1, 0.15) is 0 Å². The lowest BCUT2D eigenvalue weighted by molar-refractivity contribution is 1.29. The van der Waals surface area contributed by atoms with Gasteiger partial charge in [-0.2, -0.15) is 0 Å². The molecule has 3 rings (SSSR count). The zero-order valence-corrected chi connectivity index (χ0v) is 10.0. The minimum absolute atomic E-state index is 0.200. The van der Waals surface area contributed by atoms with Crippen LogP contribution in [0, 0.1) is 0 Å². The van der Waals surface area contributed by atoms with Crippen LogP contribution in [0.4, 0.5) is 0 Å². The highest BCUT2D eigenvalue weighted by atomic mass is 35.5. The SMILES string of the molecule is O=c1ccc2nc3cc(Cl)ccc3c(Cl)c2[nH]1. The molecule has 1 N–H and O–H groups in total. The number of fused-ring (bicyclic) bond motifs is 2. The summed E-state index contributed by atoms with van der Waals surface area (Å²) >= 11 is 12.2. The highest BCUT2D eigenvalue weighted by Crippen LogP contribution is 2.29. The number of aromatic nitrogens is 2. The van der Waals surface area contributed by atoms with Crippen molar-refractivity contribution in [1.82, 2.24) is 9.97 Å². The summed E-state index contributed by atoms with van der Waals surface area (Å²) in [5.41, 5.74) is 1.70. The number of nitrogens with one attached hydrogen (secondary N) is 1. The number of aromatic amines is 1. The smallest absolute Gasteiger partial charge is 0.248 e. The fraction of sp³-hybridized carbons (Fsp3) is 0. The third kappa shape index (κ3) is 1.68. The van der Waals surface area contributed by atoms with E-state index in [1.54, 1.807) is 24.3 Å². The van der Waals surface area contributed by atoms with E-state index in [9.17, 15) is 4.79 Å². The van der Waals surface area contributed by atoms with E-state index in [1.165, 1.54) is 6.07 Å². The summed E-state index contributed by atoms with van der Waals surface area (Å²) in [5, 5.41) is 1.86. The van der Waals surface area contributed by atoms with E-state index in [0.717, 1.165) is 5.39 Å². The monoisotopic (exact) mass is 264 g/mol. The maximum Gasteiger partial charge on any atom is 0.248 e. The van der Waals surface area contributed by atoms with Crippen molar-refractivity contribution in [3.63, 3.8) is 0 Å². The molecule has 0 spiro atoms. The van der Waals surface area contributed by atoms with Gasteiger partial charge in [0.2, 0.25) is 5.56 Å². The molecule has 2 heterocycles. The van der Waals surface area contributed by atoms with Crippen LogP contribution < -0.4 is 5.56 Å². The maximum atomic E-state index is 11.3. The molecule has 3 aromatic rings. The van der Waals surface area contributed by atoms with Gasteiger partial charge in [0.15, 0.2) is 0 Å². The summed E-state index contributed by atoms with van der Waals surface area (Å²) in [6.07, 6.45) is 0. The first-order chi connectivity index (χ1) is 8.15. The van der Waals surface area contributed by atoms with E-state index < -0.39 is 0 Å². The molecule has 2 aromatic heterocycles. The average Bonchev–Trinajstić information content (AvgIpc) is 2.30. The quantitative estimate of drug-likeness (QED) is 0.633. The van der Waals surface area contributed by atoms with Crippen LogP contribution in [0.5, 0.6) is 0 Å². The number of hydrogen-bond donors (Lipinski definition) is 1. The number of benzene rings is 1. The van der Waals surface area contributed by atoms with Crippen LogP contribution in [-0.4, -0.2) is 9.97 Å². The fourth-order valence-corrected chi connectivity index (χ4v) is 2.24. The van der Waals surface area contributed by atoms with Crippen molar-refractivity contribution in [3.05, 3.63) is 50.7 Å². The van der Waals surface area contributed by atoms with Crippen molar-refractivity contribution in [1.29, 1.82) is 0 Å². The van der Waals surface area contributed by atoms with E-state index in [0.29, 0.717) is 26.6 Å². The minimum Gasteiger partial charge on any atom is -0.319 e. The molecule has 0 saturated carbocycles. The Morgan fingerprint density at radius 1 is 1.06 bits per heavy atom. The van der Waals surface area contributed by atoms with Crippen molar-refractivity contribution in [3.8, 4) is 0 Å². The van der Waals surface area contributed by atoms with Crippen molar-refractivity contribution in [2.45, 2.75) is 0 Å². The van der Waals surface area contributed by atoms with Gasteiger partial charge in [0, 0.05) is 16.5 Å². The summed E-state index contributed by atoms with van der Waals surface area (Å²) in [5.74, 6) is 0. The topological polar surface area (TPSA) is 45.8 Å². The molecule has 0 bridgehead atoms. The minimum atomic E-state index is -0.200. The lowest BCUT2D eigenvalue weighted by Gasteiger charge is -2.04. The highest BCUT2D eigenvalue weighted by molar-refractivity contribution is 6.40. The maximum absolute atomic E-state index is 11.3. The molecule has 84 valence electrons. The Morgan fingerprint density at radius 3 is 2.71 bits per heavy atom. The molecular formula is C12H6Cl2N2O. The Morgan fingerprint density at radius 2 is 1.88 bits per heavy atom. The van der Waals surface area contributed by atoms with Crippen LogP contribution in [0.3, 0.4) is 0 Å². The molecule has 0 aliphatic carbocycles. The van der Waals surface area contributed by atoms with Crippen LogP contribution in [0.15, 0.2) is 35.1 Å². The standard InChI is InChI=1S/C12H6Cl2N2O/c13-6-1-2-7-9(5-6)15-8-3-4-10(17)16-12(8)11(7)14/h1-5H,(H,16,17). The second-order valence-corrected chi connectivity index (χ2v) is 4.48. The summed E-state index contributed by atoms with van der Waals surface area (Å²) in [4.78, 5) is 18.3. The zero-order valence-electron chi connectivity index (χ0n) is 8.50. The average molecular weight is 265 g/mol. The lowest BCUT2D eigenvalue weighted by atomic mass is 10.2. The second kappa shape index (κ2) is 3.72. The third-order valence-electron chi connectivity index (χ3n) is 2.55. The molecule has 0 radical (unpaired) electrons. The van der Waals surface area contributed by atoms with Gasteiger partial charge in [-0.25, -0.2) is 4.98 Å². The molecule has 0 fully saturated rings. The highest BCUT2D eigenvalue weighted by Gasteiger charge is 2.08. The van der Waals surface area contributed by atoms with E-state index in [2.05, 4.69) is 9.97 Å². The summed E-state index contributed by atoms with van der Waals surface area (Å²) < 4.78 is 0. The Balaban J connectivity index is 2.57. The molecule has 0 aliphatic heterocycles. The van der Waals surface area contributed by atoms with Crippen molar-refractivity contribution in [2.75, 3.05) is 0 Å². The Hall–Kier alpha value is -1.58. The number of pyridine rings is 2. The van der Waals surface area contributed by atoms with Crippen LogP contribution in [0.25, 0.3) is 21.9 Å². The van der Waals surface area contributed by atoms with Gasteiger partial charge in [0.1, 0.15) is 0 Å². The molecule has 17 heavy (non-hydrogen) atoms. The lowest BCUT2D eigenvalue weighted by Crippen LogP contribution is -2.03. The molecule has 0 aliphatic rings. The van der Waals surface area contributed by atoms with E-state index in [1.807, 2.05) is 0 Å². The number of halogens is 2. The molecule has 0 unspecified atom stereocenters. The number of hydrogen-bond acceptors (Lipinski definition) is 2. The first-order valence-electron chi connectivity index (χ1n) is 4.93. The molecule has 1 aromatic carbocycles. The van der Waals surface area contributed by atoms with Crippen LogP contribution >= 0.6 is 23.2 Å². The Labute approximate surface area is 106 Å². The normalized spacial score (nSPS) is 11.2. The summed E-state index contributed by atoms with van der Waals surface area (Å²) in [6.45, 7) is 0. The Bertz CT molecular complexity index is 795. The van der Waals surface area contributed by atoms with Crippen molar-refractivity contribution < 1.29 is 0 Å². The van der Waals surface area contributed by atoms with Gasteiger partial charge in [0.25, 0.3) is 0 Å². The molecule has 0 atom stereocenters. The summed E-state index contributed by atoms with van der Waals surface area (Å²) in [6, 6.07) is 8.33. The molecular weight excluding hydrogens is 259 g/mol. The van der Waals surface area contributed by atoms with Gasteiger partial charge in [-0.05, 0) is 24.3 Å². The third-order valence-corrected chi connectivity index (χ3v) is 3.18. The van der Waals surface area contributed by atoms with E-state index in [4.69, 9.17) is 23.2 Å². The van der Waals surface area contributed by atoms with E-state index in [-0.39, 0.29) is 5.56 Å². The van der Waals surface area contributed by atoms with Gasteiger partial charge in [-0.1, -0.05) is 23.2 Å². The van der Waals surface area contributed by atoms with Gasteiger partial charge in [0.05, 0.1) is 21.6 Å². The largest absolute Gasteiger partial charge is 0.319 e. The molecule has 5 heteroatoms. The van der Waals surface area contributed by atoms with Crippen molar-refractivity contribution >= 4 is 45.1 Å². The molecule has 0 amide bonds. The zero-order chi connectivity index (χ0) is 12.0. The van der Waals surface area contributed by atoms with E-state index >= 15 is 0 Å². The van der Waals surface area contributed by atoms with Gasteiger partial charge >= 0.3 is 0 Å². The second-order valence-electron chi connectivity index (χ2n) is 3.67. The molecule has 3 nitrogen and oxygen atoms in total. The summed E-state index contributed by atoms with van der Waals surface area (Å²) in [7, 11) is 0. The Kier molecular flexibility index (Phi) is 2.31. The van der Waals surface area contributed by atoms with Crippen molar-refractivity contribution in [2.24, 2.45) is 0 Å². The van der Waals surface area contributed by atoms with Gasteiger partial charge < -0.3 is 4.98 Å². The fourth-order valence-electron chi connectivity index (χ4n) is 1.77. The number of nitrogens with zero attached hydrogens (tertiary/aromatic N) is 1. The number of rotatable bonds is 0. The number of H-pyrrole nitrogens is 1. The first kappa shape index (κ1) is 10.6.